The zero-order valence-electron chi connectivity index (χ0n) is 16.6. The lowest BCUT2D eigenvalue weighted by molar-refractivity contribution is 0.0950. The fourth-order valence-electron chi connectivity index (χ4n) is 4.17. The van der Waals surface area contributed by atoms with Crippen molar-refractivity contribution < 1.29 is 4.79 Å². The van der Waals surface area contributed by atoms with Crippen molar-refractivity contribution in [1.29, 1.82) is 0 Å². The summed E-state index contributed by atoms with van der Waals surface area (Å²) in [4.78, 5) is 19.6. The summed E-state index contributed by atoms with van der Waals surface area (Å²) in [7, 11) is 0. The average Bonchev–Trinajstić information content (AvgIpc) is 3.17. The van der Waals surface area contributed by atoms with E-state index in [9.17, 15) is 4.79 Å². The number of hydrogen-bond donors (Lipinski definition) is 1. The van der Waals surface area contributed by atoms with E-state index in [1.165, 1.54) is 17.5 Å². The molecule has 1 aromatic heterocycles. The minimum atomic E-state index is -0.0262. The number of amides is 1. The maximum atomic E-state index is 12.6. The van der Waals surface area contributed by atoms with Gasteiger partial charge in [0.15, 0.2) is 0 Å². The summed E-state index contributed by atoms with van der Waals surface area (Å²) in [5.41, 5.74) is 5.15. The number of aryl methyl sites for hydroxylation is 2. The van der Waals surface area contributed by atoms with Crippen molar-refractivity contribution in [2.24, 2.45) is 0 Å². The Morgan fingerprint density at radius 2 is 1.96 bits per heavy atom. The van der Waals surface area contributed by atoms with E-state index in [0.29, 0.717) is 18.0 Å². The molecule has 0 spiro atoms. The molecule has 1 aliphatic heterocycles. The fraction of sp³-hybridized carbons (Fsp3) is 0.333. The number of carbonyl (C=O) groups excluding carboxylic acids is 1. The highest BCUT2D eigenvalue weighted by atomic mass is 16.1. The molecule has 144 valence electrons. The number of pyridine rings is 1. The van der Waals surface area contributed by atoms with Crippen molar-refractivity contribution in [2.75, 3.05) is 26.2 Å². The summed E-state index contributed by atoms with van der Waals surface area (Å²) in [6.07, 6.45) is 1.19. The van der Waals surface area contributed by atoms with Crippen LogP contribution in [0.2, 0.25) is 0 Å². The Hall–Kier alpha value is -2.72. The number of carbonyl (C=O) groups is 1. The van der Waals surface area contributed by atoms with Gasteiger partial charge in [0.05, 0.1) is 5.52 Å². The van der Waals surface area contributed by atoms with Crippen molar-refractivity contribution in [1.82, 2.24) is 15.2 Å². The number of benzene rings is 2. The summed E-state index contributed by atoms with van der Waals surface area (Å²) in [6, 6.07) is 18.6. The predicted molar refractivity (Wildman–Crippen MR) is 114 cm³/mol. The Kier molecular flexibility index (Phi) is 5.40. The second-order valence-electron chi connectivity index (χ2n) is 7.77. The molecule has 1 fully saturated rings. The maximum absolute atomic E-state index is 12.6. The van der Waals surface area contributed by atoms with Crippen molar-refractivity contribution in [2.45, 2.75) is 26.2 Å². The van der Waals surface area contributed by atoms with Crippen LogP contribution in [0, 0.1) is 13.8 Å². The van der Waals surface area contributed by atoms with E-state index in [1.54, 1.807) is 0 Å². The van der Waals surface area contributed by atoms with Crippen molar-refractivity contribution >= 4 is 16.8 Å². The molecule has 1 saturated heterocycles. The molecule has 0 radical (unpaired) electrons. The van der Waals surface area contributed by atoms with Gasteiger partial charge in [-0.25, -0.2) is 0 Å². The molecule has 1 N–H and O–H groups in total. The van der Waals surface area contributed by atoms with Crippen LogP contribution in [-0.2, 0) is 0 Å². The monoisotopic (exact) mass is 373 g/mol. The first kappa shape index (κ1) is 18.6. The van der Waals surface area contributed by atoms with Gasteiger partial charge in [-0.15, -0.1) is 0 Å². The lowest BCUT2D eigenvalue weighted by Crippen LogP contribution is -2.33. The normalized spacial score (nSPS) is 17.1. The summed E-state index contributed by atoms with van der Waals surface area (Å²) in [6.45, 7) is 7.78. The molecule has 0 aliphatic carbocycles. The molecular formula is C24H27N3O. The van der Waals surface area contributed by atoms with Gasteiger partial charge in [0.2, 0.25) is 0 Å². The van der Waals surface area contributed by atoms with Crippen LogP contribution >= 0.6 is 0 Å². The van der Waals surface area contributed by atoms with Crippen LogP contribution in [0.3, 0.4) is 0 Å². The van der Waals surface area contributed by atoms with Gasteiger partial charge in [-0.3, -0.25) is 9.78 Å². The topological polar surface area (TPSA) is 45.2 Å². The molecule has 1 unspecified atom stereocenters. The van der Waals surface area contributed by atoms with E-state index in [1.807, 2.05) is 25.1 Å². The van der Waals surface area contributed by atoms with Crippen molar-refractivity contribution in [3.8, 4) is 0 Å². The van der Waals surface area contributed by atoms with Crippen LogP contribution in [0.15, 0.2) is 54.6 Å². The van der Waals surface area contributed by atoms with Crippen LogP contribution in [0.5, 0.6) is 0 Å². The fourth-order valence-corrected chi connectivity index (χ4v) is 4.17. The van der Waals surface area contributed by atoms with E-state index in [-0.39, 0.29) is 5.91 Å². The number of aromatic nitrogens is 1. The second kappa shape index (κ2) is 8.11. The molecule has 2 heterocycles. The molecule has 1 aliphatic rings. The van der Waals surface area contributed by atoms with E-state index in [0.717, 1.165) is 36.2 Å². The molecule has 3 aromatic rings. The van der Waals surface area contributed by atoms with Crippen LogP contribution in [0.1, 0.15) is 39.5 Å². The zero-order chi connectivity index (χ0) is 19.5. The van der Waals surface area contributed by atoms with E-state index < -0.39 is 0 Å². The van der Waals surface area contributed by atoms with Gasteiger partial charge >= 0.3 is 0 Å². The molecule has 4 nitrogen and oxygen atoms in total. The third-order valence-corrected chi connectivity index (χ3v) is 5.66. The van der Waals surface area contributed by atoms with Gasteiger partial charge < -0.3 is 10.2 Å². The largest absolute Gasteiger partial charge is 0.351 e. The predicted octanol–water partition coefficient (Wildman–Crippen LogP) is 4.07. The quantitative estimate of drug-likeness (QED) is 0.733. The first-order valence-corrected chi connectivity index (χ1v) is 10.0. The molecule has 0 bridgehead atoms. The molecule has 0 saturated carbocycles. The maximum Gasteiger partial charge on any atom is 0.251 e. The number of hydrogen-bond acceptors (Lipinski definition) is 3. The number of rotatable bonds is 5. The molecule has 4 rings (SSSR count). The molecule has 2 aromatic carbocycles. The van der Waals surface area contributed by atoms with Gasteiger partial charge in [0.1, 0.15) is 0 Å². The summed E-state index contributed by atoms with van der Waals surface area (Å²) >= 11 is 0. The summed E-state index contributed by atoms with van der Waals surface area (Å²) < 4.78 is 0. The minimum Gasteiger partial charge on any atom is -0.351 e. The molecule has 1 amide bonds. The molecule has 4 heteroatoms. The van der Waals surface area contributed by atoms with E-state index in [2.05, 4.69) is 58.5 Å². The van der Waals surface area contributed by atoms with Gasteiger partial charge in [-0.2, -0.15) is 0 Å². The Morgan fingerprint density at radius 3 is 2.79 bits per heavy atom. The Bertz CT molecular complexity index is 984. The van der Waals surface area contributed by atoms with Crippen LogP contribution in [-0.4, -0.2) is 42.0 Å². The van der Waals surface area contributed by atoms with Gasteiger partial charge in [0.25, 0.3) is 5.91 Å². The van der Waals surface area contributed by atoms with E-state index >= 15 is 0 Å². The highest BCUT2D eigenvalue weighted by Gasteiger charge is 2.23. The Morgan fingerprint density at radius 1 is 1.14 bits per heavy atom. The van der Waals surface area contributed by atoms with Gasteiger partial charge in [-0.05, 0) is 62.1 Å². The van der Waals surface area contributed by atoms with Crippen LogP contribution < -0.4 is 5.32 Å². The first-order chi connectivity index (χ1) is 13.6. The minimum absolute atomic E-state index is 0.0262. The molecule has 1 atom stereocenters. The lowest BCUT2D eigenvalue weighted by atomic mass is 9.99. The van der Waals surface area contributed by atoms with Gasteiger partial charge in [0, 0.05) is 36.3 Å². The first-order valence-electron chi connectivity index (χ1n) is 10.0. The number of likely N-dealkylation sites (tertiary alicyclic amines) is 1. The summed E-state index contributed by atoms with van der Waals surface area (Å²) in [5.74, 6) is 0.580. The standard InChI is InChI=1S/C24H27N3O/c1-17-14-18(2)26-23-15-20(8-9-22(17)23)24(28)25-11-13-27-12-10-21(16-27)19-6-4-3-5-7-19/h3-9,14-15,21H,10-13,16H2,1-2H3,(H,25,28). The van der Waals surface area contributed by atoms with Crippen molar-refractivity contribution in [3.63, 3.8) is 0 Å². The molecular weight excluding hydrogens is 346 g/mol. The van der Waals surface area contributed by atoms with Gasteiger partial charge in [-0.1, -0.05) is 36.4 Å². The number of nitrogens with zero attached hydrogens (tertiary/aromatic N) is 2. The van der Waals surface area contributed by atoms with Crippen molar-refractivity contribution in [3.05, 3.63) is 77.0 Å². The molecule has 28 heavy (non-hydrogen) atoms. The Labute approximate surface area is 166 Å². The highest BCUT2D eigenvalue weighted by molar-refractivity contribution is 5.98. The van der Waals surface area contributed by atoms with E-state index in [4.69, 9.17) is 0 Å². The highest BCUT2D eigenvalue weighted by Crippen LogP contribution is 2.26. The summed E-state index contributed by atoms with van der Waals surface area (Å²) in [5, 5.41) is 4.17. The zero-order valence-corrected chi connectivity index (χ0v) is 16.6. The second-order valence-corrected chi connectivity index (χ2v) is 7.77. The average molecular weight is 374 g/mol. The SMILES string of the molecule is Cc1cc(C)c2ccc(C(=O)NCCN3CCC(c4ccccc4)C3)cc2n1. The van der Waals surface area contributed by atoms with Crippen LogP contribution in [0.4, 0.5) is 0 Å². The van der Waals surface area contributed by atoms with Crippen LogP contribution in [0.25, 0.3) is 10.9 Å². The smallest absolute Gasteiger partial charge is 0.251 e. The third-order valence-electron chi connectivity index (χ3n) is 5.66. The number of nitrogens with one attached hydrogen (secondary N) is 1. The third kappa shape index (κ3) is 4.07. The number of fused-ring (bicyclic) bond motifs is 1. The Balaban J connectivity index is 1.32. The lowest BCUT2D eigenvalue weighted by Gasteiger charge is -2.16.